The summed E-state index contributed by atoms with van der Waals surface area (Å²) in [5.41, 5.74) is 0. The predicted molar refractivity (Wildman–Crippen MR) is 95.7 cm³/mol. The van der Waals surface area contributed by atoms with Gasteiger partial charge in [-0.15, -0.1) is 11.8 Å². The number of carbonyl (C=O) groups is 1. The molecule has 1 aromatic carbocycles. The van der Waals surface area contributed by atoms with Gasteiger partial charge in [0.15, 0.2) is 0 Å². The second kappa shape index (κ2) is 12.5. The molecular formula is C18H30N2OS. The zero-order valence-corrected chi connectivity index (χ0v) is 14.6. The fourth-order valence-electron chi connectivity index (χ4n) is 2.29. The number of thioether (sulfide) groups is 1. The van der Waals surface area contributed by atoms with Crippen molar-refractivity contribution in [1.82, 2.24) is 5.01 Å². The molecule has 1 aromatic rings. The van der Waals surface area contributed by atoms with E-state index in [9.17, 15) is 4.79 Å². The van der Waals surface area contributed by atoms with Crippen LogP contribution in [-0.2, 0) is 4.79 Å². The summed E-state index contributed by atoms with van der Waals surface area (Å²) in [7, 11) is 0. The third kappa shape index (κ3) is 9.11. The molecule has 1 amide bonds. The number of carbonyl (C=O) groups excluding carboxylic acids is 1. The molecule has 0 bridgehead atoms. The average Bonchev–Trinajstić information content (AvgIpc) is 2.55. The van der Waals surface area contributed by atoms with Crippen LogP contribution in [-0.4, -0.2) is 23.2 Å². The maximum Gasteiger partial charge on any atom is 0.246 e. The monoisotopic (exact) mass is 322 g/mol. The summed E-state index contributed by atoms with van der Waals surface area (Å²) >= 11 is 1.54. The zero-order valence-electron chi connectivity index (χ0n) is 13.8. The number of amides is 1. The minimum absolute atomic E-state index is 0.0109. The molecule has 4 heteroatoms. The van der Waals surface area contributed by atoms with Gasteiger partial charge in [-0.25, -0.2) is 5.84 Å². The summed E-state index contributed by atoms with van der Waals surface area (Å²) in [6.07, 6.45) is 10.1. The van der Waals surface area contributed by atoms with Gasteiger partial charge in [-0.2, -0.15) is 0 Å². The molecule has 0 aliphatic carbocycles. The van der Waals surface area contributed by atoms with Crippen molar-refractivity contribution >= 4 is 17.7 Å². The molecule has 0 spiro atoms. The maximum atomic E-state index is 11.9. The first-order chi connectivity index (χ1) is 10.7. The molecule has 2 N–H and O–H groups in total. The molecule has 0 saturated carbocycles. The third-order valence-electron chi connectivity index (χ3n) is 3.68. The molecule has 0 aromatic heterocycles. The number of nitrogens with two attached hydrogens (primary N) is 1. The van der Waals surface area contributed by atoms with Crippen LogP contribution in [0.15, 0.2) is 35.2 Å². The van der Waals surface area contributed by atoms with E-state index in [1.807, 2.05) is 30.3 Å². The van der Waals surface area contributed by atoms with E-state index < -0.39 is 0 Å². The molecule has 1 rings (SSSR count). The fourth-order valence-corrected chi connectivity index (χ4v) is 3.09. The van der Waals surface area contributed by atoms with Gasteiger partial charge >= 0.3 is 0 Å². The van der Waals surface area contributed by atoms with Gasteiger partial charge in [0, 0.05) is 11.4 Å². The zero-order chi connectivity index (χ0) is 16.0. The maximum absolute atomic E-state index is 11.9. The van der Waals surface area contributed by atoms with Crippen LogP contribution in [0.1, 0.15) is 58.3 Å². The van der Waals surface area contributed by atoms with Gasteiger partial charge in [0.05, 0.1) is 5.75 Å². The molecule has 124 valence electrons. The summed E-state index contributed by atoms with van der Waals surface area (Å²) in [6, 6.07) is 9.96. The largest absolute Gasteiger partial charge is 0.280 e. The number of hydrazine groups is 1. The van der Waals surface area contributed by atoms with E-state index in [1.165, 1.54) is 50.0 Å². The minimum Gasteiger partial charge on any atom is -0.280 e. The molecule has 0 aliphatic rings. The van der Waals surface area contributed by atoms with Crippen LogP contribution in [0.5, 0.6) is 0 Å². The number of rotatable bonds is 12. The third-order valence-corrected chi connectivity index (χ3v) is 4.68. The fraction of sp³-hybridized carbons (Fsp3) is 0.611. The lowest BCUT2D eigenvalue weighted by Gasteiger charge is -2.16. The predicted octanol–water partition coefficient (Wildman–Crippen LogP) is 4.62. The van der Waals surface area contributed by atoms with Crippen LogP contribution in [0.4, 0.5) is 0 Å². The summed E-state index contributed by atoms with van der Waals surface area (Å²) in [6.45, 7) is 2.91. The minimum atomic E-state index is 0.0109. The van der Waals surface area contributed by atoms with Crippen molar-refractivity contribution in [3.63, 3.8) is 0 Å². The summed E-state index contributed by atoms with van der Waals surface area (Å²) in [4.78, 5) is 13.0. The van der Waals surface area contributed by atoms with Crippen LogP contribution in [0, 0.1) is 0 Å². The van der Waals surface area contributed by atoms with Crippen molar-refractivity contribution in [2.45, 2.75) is 63.2 Å². The first-order valence-electron chi connectivity index (χ1n) is 8.47. The van der Waals surface area contributed by atoms with Gasteiger partial charge in [-0.3, -0.25) is 9.80 Å². The van der Waals surface area contributed by atoms with E-state index in [1.54, 1.807) is 11.8 Å². The molecule has 0 fully saturated rings. The molecular weight excluding hydrogens is 292 g/mol. The Hall–Kier alpha value is -1.00. The lowest BCUT2D eigenvalue weighted by molar-refractivity contribution is -0.128. The first kappa shape index (κ1) is 19.0. The van der Waals surface area contributed by atoms with Gasteiger partial charge in [-0.1, -0.05) is 70.1 Å². The van der Waals surface area contributed by atoms with Gasteiger partial charge < -0.3 is 0 Å². The number of hydrogen-bond acceptors (Lipinski definition) is 3. The van der Waals surface area contributed by atoms with E-state index in [0.717, 1.165) is 11.3 Å². The standard InChI is InChI=1S/C18H30N2OS/c1-2-3-4-5-6-7-8-12-15-20(19)18(21)16-22-17-13-10-9-11-14-17/h9-11,13-14H,2-8,12,15-16,19H2,1H3. The van der Waals surface area contributed by atoms with Crippen LogP contribution >= 0.6 is 11.8 Å². The van der Waals surface area contributed by atoms with E-state index in [4.69, 9.17) is 5.84 Å². The molecule has 3 nitrogen and oxygen atoms in total. The van der Waals surface area contributed by atoms with Crippen molar-refractivity contribution in [3.05, 3.63) is 30.3 Å². The SMILES string of the molecule is CCCCCCCCCCN(N)C(=O)CSc1ccccc1. The van der Waals surface area contributed by atoms with Crippen molar-refractivity contribution in [3.8, 4) is 0 Å². The van der Waals surface area contributed by atoms with Crippen molar-refractivity contribution in [1.29, 1.82) is 0 Å². The Balaban J connectivity index is 2.02. The molecule has 0 unspecified atom stereocenters. The van der Waals surface area contributed by atoms with Crippen LogP contribution < -0.4 is 5.84 Å². The molecule has 0 heterocycles. The number of nitrogens with zero attached hydrogens (tertiary/aromatic N) is 1. The van der Waals surface area contributed by atoms with Crippen molar-refractivity contribution in [2.24, 2.45) is 5.84 Å². The quantitative estimate of drug-likeness (QED) is 0.201. The Morgan fingerprint density at radius 3 is 2.23 bits per heavy atom. The molecule has 0 atom stereocenters. The van der Waals surface area contributed by atoms with E-state index in [2.05, 4.69) is 6.92 Å². The summed E-state index contributed by atoms with van der Waals surface area (Å²) < 4.78 is 0. The highest BCUT2D eigenvalue weighted by molar-refractivity contribution is 8.00. The average molecular weight is 323 g/mol. The second-order valence-corrected chi connectivity index (χ2v) is 6.71. The van der Waals surface area contributed by atoms with Crippen molar-refractivity contribution in [2.75, 3.05) is 12.3 Å². The Morgan fingerprint density at radius 2 is 1.59 bits per heavy atom. The second-order valence-electron chi connectivity index (χ2n) is 5.66. The Bertz CT molecular complexity index is 397. The van der Waals surface area contributed by atoms with E-state index in [-0.39, 0.29) is 5.91 Å². The van der Waals surface area contributed by atoms with E-state index >= 15 is 0 Å². The number of hydrogen-bond donors (Lipinski definition) is 1. The Kier molecular flexibility index (Phi) is 10.9. The number of benzene rings is 1. The normalized spacial score (nSPS) is 10.6. The Labute approximate surface area is 139 Å². The lowest BCUT2D eigenvalue weighted by Crippen LogP contribution is -2.39. The highest BCUT2D eigenvalue weighted by Gasteiger charge is 2.09. The highest BCUT2D eigenvalue weighted by atomic mass is 32.2. The summed E-state index contributed by atoms with van der Waals surface area (Å²) in [5.74, 6) is 6.26. The highest BCUT2D eigenvalue weighted by Crippen LogP contribution is 2.17. The Morgan fingerprint density at radius 1 is 1.00 bits per heavy atom. The van der Waals surface area contributed by atoms with Gasteiger partial charge in [0.1, 0.15) is 0 Å². The van der Waals surface area contributed by atoms with Crippen LogP contribution in [0.25, 0.3) is 0 Å². The van der Waals surface area contributed by atoms with Crippen LogP contribution in [0.2, 0.25) is 0 Å². The van der Waals surface area contributed by atoms with Crippen molar-refractivity contribution < 1.29 is 4.79 Å². The molecule has 0 radical (unpaired) electrons. The van der Waals surface area contributed by atoms with Crippen LogP contribution in [0.3, 0.4) is 0 Å². The molecule has 0 saturated heterocycles. The molecule has 0 aliphatic heterocycles. The molecule has 22 heavy (non-hydrogen) atoms. The first-order valence-corrected chi connectivity index (χ1v) is 9.45. The summed E-state index contributed by atoms with van der Waals surface area (Å²) in [5, 5.41) is 1.38. The smallest absolute Gasteiger partial charge is 0.246 e. The lowest BCUT2D eigenvalue weighted by atomic mass is 10.1. The van der Waals surface area contributed by atoms with E-state index in [0.29, 0.717) is 12.3 Å². The van der Waals surface area contributed by atoms with Gasteiger partial charge in [0.25, 0.3) is 0 Å². The van der Waals surface area contributed by atoms with Gasteiger partial charge in [-0.05, 0) is 18.6 Å². The van der Waals surface area contributed by atoms with Gasteiger partial charge in [0.2, 0.25) is 5.91 Å². The topological polar surface area (TPSA) is 46.3 Å². The number of unbranched alkanes of at least 4 members (excludes halogenated alkanes) is 7.